The summed E-state index contributed by atoms with van der Waals surface area (Å²) in [6, 6.07) is 1.08. The van der Waals surface area contributed by atoms with E-state index >= 15 is 0 Å². The lowest BCUT2D eigenvalue weighted by atomic mass is 10.1. The number of aliphatic hydroxyl groups is 1. The van der Waals surface area contributed by atoms with Crippen LogP contribution in [0.3, 0.4) is 0 Å². The van der Waals surface area contributed by atoms with Gasteiger partial charge in [0, 0.05) is 31.6 Å². The van der Waals surface area contributed by atoms with Crippen molar-refractivity contribution in [3.05, 3.63) is 22.2 Å². The van der Waals surface area contributed by atoms with E-state index in [1.54, 1.807) is 0 Å². The molecule has 1 saturated heterocycles. The number of amides is 1. The summed E-state index contributed by atoms with van der Waals surface area (Å²) in [5.41, 5.74) is 0.189. The maximum atomic E-state index is 13.3. The van der Waals surface area contributed by atoms with E-state index in [4.69, 9.17) is 28.3 Å². The number of aromatic nitrogens is 1. The number of aliphatic hydroxyl groups excluding tert-OH is 1. The Labute approximate surface area is 107 Å². The number of anilines is 1. The van der Waals surface area contributed by atoms with E-state index in [-0.39, 0.29) is 40.8 Å². The molecule has 0 bridgehead atoms. The minimum Gasteiger partial charge on any atom is -0.396 e. The molecule has 2 heterocycles. The Kier molecular flexibility index (Phi) is 3.51. The van der Waals surface area contributed by atoms with Crippen LogP contribution in [0.5, 0.6) is 0 Å². The van der Waals surface area contributed by atoms with Crippen molar-refractivity contribution in [2.75, 3.05) is 18.1 Å². The van der Waals surface area contributed by atoms with Gasteiger partial charge in [-0.3, -0.25) is 4.79 Å². The van der Waals surface area contributed by atoms with Crippen molar-refractivity contribution in [3.63, 3.8) is 0 Å². The van der Waals surface area contributed by atoms with Gasteiger partial charge >= 0.3 is 0 Å². The van der Waals surface area contributed by atoms with E-state index in [1.807, 2.05) is 0 Å². The van der Waals surface area contributed by atoms with Crippen molar-refractivity contribution in [2.24, 2.45) is 5.92 Å². The normalized spacial score (nSPS) is 20.1. The first-order valence-corrected chi connectivity index (χ1v) is 5.71. The summed E-state index contributed by atoms with van der Waals surface area (Å²) in [6.07, 6.45) is 0.219. The van der Waals surface area contributed by atoms with Crippen LogP contribution in [0, 0.1) is 11.7 Å². The van der Waals surface area contributed by atoms with Gasteiger partial charge in [0.2, 0.25) is 5.91 Å². The van der Waals surface area contributed by atoms with Gasteiger partial charge in [-0.05, 0) is 0 Å². The highest BCUT2D eigenvalue weighted by Crippen LogP contribution is 2.32. The summed E-state index contributed by atoms with van der Waals surface area (Å²) in [7, 11) is 0. The van der Waals surface area contributed by atoms with Crippen molar-refractivity contribution < 1.29 is 14.3 Å². The molecular weight excluding hydrogens is 270 g/mol. The number of hydrogen-bond acceptors (Lipinski definition) is 3. The molecule has 1 unspecified atom stereocenters. The maximum Gasteiger partial charge on any atom is 0.227 e. The first-order valence-electron chi connectivity index (χ1n) is 4.95. The number of halogens is 3. The Hall–Kier alpha value is -0.910. The third-order valence-corrected chi connectivity index (χ3v) is 3.17. The van der Waals surface area contributed by atoms with Crippen molar-refractivity contribution in [1.29, 1.82) is 0 Å². The number of rotatable bonds is 2. The molecule has 2 rings (SSSR count). The fourth-order valence-corrected chi connectivity index (χ4v) is 2.19. The van der Waals surface area contributed by atoms with E-state index in [0.29, 0.717) is 6.54 Å². The Morgan fingerprint density at radius 1 is 1.53 bits per heavy atom. The van der Waals surface area contributed by atoms with Gasteiger partial charge in [0.25, 0.3) is 0 Å². The Morgan fingerprint density at radius 2 is 2.24 bits per heavy atom. The zero-order chi connectivity index (χ0) is 12.6. The molecule has 0 saturated carbocycles. The molecule has 1 N–H and O–H groups in total. The monoisotopic (exact) mass is 278 g/mol. The Balaban J connectivity index is 2.35. The van der Waals surface area contributed by atoms with Gasteiger partial charge in [-0.1, -0.05) is 23.2 Å². The quantitative estimate of drug-likeness (QED) is 0.841. The van der Waals surface area contributed by atoms with Crippen molar-refractivity contribution in [2.45, 2.75) is 6.42 Å². The van der Waals surface area contributed by atoms with E-state index in [9.17, 15) is 9.18 Å². The number of pyridine rings is 1. The minimum atomic E-state index is -0.730. The summed E-state index contributed by atoms with van der Waals surface area (Å²) in [4.78, 5) is 16.6. The van der Waals surface area contributed by atoms with Crippen LogP contribution in [-0.2, 0) is 4.79 Å². The number of hydrogen-bond donors (Lipinski definition) is 1. The molecule has 92 valence electrons. The van der Waals surface area contributed by atoms with Crippen LogP contribution >= 0.6 is 23.2 Å². The third-order valence-electron chi connectivity index (χ3n) is 2.62. The van der Waals surface area contributed by atoms with Crippen molar-refractivity contribution >= 4 is 34.8 Å². The molecular formula is C10H9Cl2FN2O2. The fourth-order valence-electron chi connectivity index (χ4n) is 1.76. The Bertz CT molecular complexity index is 470. The van der Waals surface area contributed by atoms with E-state index < -0.39 is 5.82 Å². The lowest BCUT2D eigenvalue weighted by molar-refractivity contribution is -0.117. The topological polar surface area (TPSA) is 53.4 Å². The molecule has 1 atom stereocenters. The molecule has 4 nitrogen and oxygen atoms in total. The molecule has 1 aromatic rings. The zero-order valence-corrected chi connectivity index (χ0v) is 10.2. The van der Waals surface area contributed by atoms with Gasteiger partial charge in [-0.2, -0.15) is 0 Å². The van der Waals surface area contributed by atoms with Gasteiger partial charge in [0.05, 0.1) is 5.69 Å². The largest absolute Gasteiger partial charge is 0.396 e. The second-order valence-electron chi connectivity index (χ2n) is 3.83. The zero-order valence-electron chi connectivity index (χ0n) is 8.66. The van der Waals surface area contributed by atoms with Crippen LogP contribution in [0.2, 0.25) is 10.3 Å². The molecule has 1 fully saturated rings. The first-order chi connectivity index (χ1) is 8.02. The van der Waals surface area contributed by atoms with E-state index in [1.165, 1.54) is 4.90 Å². The lowest BCUT2D eigenvalue weighted by Gasteiger charge is -2.17. The number of nitrogens with zero attached hydrogens (tertiary/aromatic N) is 2. The van der Waals surface area contributed by atoms with Gasteiger partial charge in [0.15, 0.2) is 16.1 Å². The van der Waals surface area contributed by atoms with Crippen LogP contribution in [0.25, 0.3) is 0 Å². The highest BCUT2D eigenvalue weighted by atomic mass is 35.5. The highest BCUT2D eigenvalue weighted by Gasteiger charge is 2.32. The first kappa shape index (κ1) is 12.5. The van der Waals surface area contributed by atoms with Crippen molar-refractivity contribution in [1.82, 2.24) is 4.98 Å². The predicted molar refractivity (Wildman–Crippen MR) is 61.8 cm³/mol. The van der Waals surface area contributed by atoms with Crippen LogP contribution in [-0.4, -0.2) is 29.1 Å². The second-order valence-corrected chi connectivity index (χ2v) is 4.54. The fraction of sp³-hybridized carbons (Fsp3) is 0.400. The average molecular weight is 279 g/mol. The molecule has 1 amide bonds. The van der Waals surface area contributed by atoms with E-state index in [0.717, 1.165) is 6.07 Å². The van der Waals surface area contributed by atoms with Crippen LogP contribution in [0.15, 0.2) is 6.07 Å². The van der Waals surface area contributed by atoms with Gasteiger partial charge in [-0.15, -0.1) is 0 Å². The predicted octanol–water partition coefficient (Wildman–Crippen LogP) is 1.87. The van der Waals surface area contributed by atoms with Gasteiger partial charge in [-0.25, -0.2) is 9.37 Å². The number of carbonyl (C=O) groups is 1. The summed E-state index contributed by atoms with van der Waals surface area (Å²) >= 11 is 11.3. The Morgan fingerprint density at radius 3 is 2.82 bits per heavy atom. The summed E-state index contributed by atoms with van der Waals surface area (Å²) in [6.45, 7) is 0.209. The molecule has 7 heteroatoms. The molecule has 1 aromatic heterocycles. The SMILES string of the molecule is O=C1CC(CO)CN1c1cc(F)c(Cl)nc1Cl. The van der Waals surface area contributed by atoms with Crippen LogP contribution < -0.4 is 4.90 Å². The molecule has 1 aliphatic heterocycles. The average Bonchev–Trinajstić information content (AvgIpc) is 2.65. The standard InChI is InChI=1S/C10H9Cl2FN2O2/c11-9-6(13)2-7(10(12)14-9)15-3-5(4-16)1-8(15)17/h2,5,16H,1,3-4H2. The van der Waals surface area contributed by atoms with Gasteiger partial charge in [0.1, 0.15) is 0 Å². The maximum absolute atomic E-state index is 13.3. The minimum absolute atomic E-state index is 0.0247. The van der Waals surface area contributed by atoms with Crippen LogP contribution in [0.1, 0.15) is 6.42 Å². The summed E-state index contributed by atoms with van der Waals surface area (Å²) in [5, 5.41) is 8.64. The summed E-state index contributed by atoms with van der Waals surface area (Å²) < 4.78 is 13.3. The lowest BCUT2D eigenvalue weighted by Crippen LogP contribution is -2.25. The molecule has 0 radical (unpaired) electrons. The second kappa shape index (κ2) is 4.76. The highest BCUT2D eigenvalue weighted by molar-refractivity contribution is 6.34. The summed E-state index contributed by atoms with van der Waals surface area (Å²) in [5.74, 6) is -1.10. The molecule has 0 aromatic carbocycles. The van der Waals surface area contributed by atoms with Gasteiger partial charge < -0.3 is 10.0 Å². The molecule has 1 aliphatic rings. The molecule has 0 aliphatic carbocycles. The third kappa shape index (κ3) is 2.36. The van der Waals surface area contributed by atoms with Crippen LogP contribution in [0.4, 0.5) is 10.1 Å². The smallest absolute Gasteiger partial charge is 0.227 e. The van der Waals surface area contributed by atoms with E-state index in [2.05, 4.69) is 4.98 Å². The molecule has 17 heavy (non-hydrogen) atoms. The molecule has 0 spiro atoms. The number of carbonyl (C=O) groups excluding carboxylic acids is 1. The van der Waals surface area contributed by atoms with Crippen molar-refractivity contribution in [3.8, 4) is 0 Å².